The van der Waals surface area contributed by atoms with Crippen LogP contribution in [0.1, 0.15) is 20.8 Å². The summed E-state index contributed by atoms with van der Waals surface area (Å²) in [7, 11) is 0. The topological polar surface area (TPSA) is 111 Å². The molecule has 0 aliphatic carbocycles. The van der Waals surface area contributed by atoms with Crippen molar-refractivity contribution in [1.29, 1.82) is 10.5 Å². The Morgan fingerprint density at radius 2 is 1.91 bits per heavy atom. The number of nitrogens with one attached hydrogen (secondary N) is 2. The fourth-order valence-corrected chi connectivity index (χ4v) is 5.31. The summed E-state index contributed by atoms with van der Waals surface area (Å²) in [4.78, 5) is 25.0. The number of benzene rings is 2. The molecule has 2 amide bonds. The van der Waals surface area contributed by atoms with E-state index in [9.17, 15) is 20.1 Å². The van der Waals surface area contributed by atoms with Crippen molar-refractivity contribution in [2.75, 3.05) is 11.1 Å². The monoisotopic (exact) mass is 457 g/mol. The molecule has 33 heavy (non-hydrogen) atoms. The van der Waals surface area contributed by atoms with Gasteiger partial charge in [-0.15, -0.1) is 0 Å². The first-order chi connectivity index (χ1) is 15.8. The number of allylic oxidation sites excluding steroid dienone is 1. The molecule has 166 valence electrons. The van der Waals surface area contributed by atoms with Gasteiger partial charge in [-0.25, -0.2) is 0 Å². The van der Waals surface area contributed by atoms with Gasteiger partial charge in [-0.2, -0.15) is 10.5 Å². The van der Waals surface area contributed by atoms with E-state index >= 15 is 0 Å². The van der Waals surface area contributed by atoms with Crippen LogP contribution in [0.2, 0.25) is 0 Å². The molecule has 0 saturated carbocycles. The van der Waals surface area contributed by atoms with Crippen molar-refractivity contribution in [1.82, 2.24) is 9.88 Å². The Morgan fingerprint density at radius 1 is 1.18 bits per heavy atom. The maximum Gasteiger partial charge on any atom is 0.243 e. The van der Waals surface area contributed by atoms with E-state index in [1.54, 1.807) is 13.8 Å². The van der Waals surface area contributed by atoms with Crippen molar-refractivity contribution >= 4 is 51.1 Å². The summed E-state index contributed by atoms with van der Waals surface area (Å²) in [6, 6.07) is 18.1. The van der Waals surface area contributed by atoms with E-state index in [4.69, 9.17) is 0 Å². The van der Waals surface area contributed by atoms with Gasteiger partial charge in [0.15, 0.2) is 0 Å². The quantitative estimate of drug-likeness (QED) is 0.585. The predicted octanol–water partition coefficient (Wildman–Crippen LogP) is 4.52. The number of fused-ring (bicyclic) bond motifs is 3. The van der Waals surface area contributed by atoms with Crippen LogP contribution in [0.25, 0.3) is 21.8 Å². The number of carbonyl (C=O) groups excluding carboxylic acids is 2. The van der Waals surface area contributed by atoms with Crippen LogP contribution in [0.15, 0.2) is 53.1 Å². The van der Waals surface area contributed by atoms with E-state index in [0.717, 1.165) is 40.1 Å². The van der Waals surface area contributed by atoms with Gasteiger partial charge in [0.05, 0.1) is 28.5 Å². The number of hydrogen-bond donors (Lipinski definition) is 2. The number of anilines is 1. The standard InChI is InChI=1S/C25H23N5O2S/c1-4-30-20-8-6-5-7-16(20)17-11-15(9-10-21(17)30)28-22(31)14-33-24-19(13-27)25(2,3)18(12-26)23(32)29-24/h5-11,18H,4,14H2,1-3H3,(H,28,31)(H,29,32)/t18-/m0/s1. The number of nitrogens with zero attached hydrogens (tertiary/aromatic N) is 3. The summed E-state index contributed by atoms with van der Waals surface area (Å²) in [5.74, 6) is -1.65. The minimum atomic E-state index is -0.956. The summed E-state index contributed by atoms with van der Waals surface area (Å²) in [6.45, 7) is 6.34. The third-order valence-electron chi connectivity index (χ3n) is 6.05. The zero-order valence-electron chi connectivity index (χ0n) is 18.6. The summed E-state index contributed by atoms with van der Waals surface area (Å²) in [5, 5.41) is 27.0. The molecule has 2 heterocycles. The molecule has 0 saturated heterocycles. The molecule has 2 aromatic carbocycles. The van der Waals surface area contributed by atoms with Crippen LogP contribution in [0.5, 0.6) is 0 Å². The fraction of sp³-hybridized carbons (Fsp3) is 0.280. The summed E-state index contributed by atoms with van der Waals surface area (Å²) in [5.41, 5.74) is 2.31. The number of carbonyl (C=O) groups is 2. The Hall–Kier alpha value is -3.75. The van der Waals surface area contributed by atoms with Gasteiger partial charge >= 0.3 is 0 Å². The number of thioether (sulfide) groups is 1. The molecular weight excluding hydrogens is 434 g/mol. The number of amides is 2. The molecule has 1 aromatic heterocycles. The SMILES string of the molecule is CCn1c2ccccc2c2cc(NC(=O)CSC3=C(C#N)C(C)(C)[C@@H](C#N)C(=O)N3)ccc21. The van der Waals surface area contributed by atoms with Crippen LogP contribution in [-0.2, 0) is 16.1 Å². The van der Waals surface area contributed by atoms with Crippen molar-refractivity contribution in [2.24, 2.45) is 11.3 Å². The van der Waals surface area contributed by atoms with E-state index in [0.29, 0.717) is 16.3 Å². The molecule has 3 aromatic rings. The first-order valence-corrected chi connectivity index (χ1v) is 11.6. The molecule has 0 radical (unpaired) electrons. The molecular formula is C25H23N5O2S. The maximum atomic E-state index is 12.7. The lowest BCUT2D eigenvalue weighted by Crippen LogP contribution is -2.44. The third kappa shape index (κ3) is 3.83. The summed E-state index contributed by atoms with van der Waals surface area (Å²) < 4.78 is 2.24. The minimum Gasteiger partial charge on any atom is -0.341 e. The maximum absolute atomic E-state index is 12.7. The van der Waals surface area contributed by atoms with Crippen molar-refractivity contribution in [3.8, 4) is 12.1 Å². The van der Waals surface area contributed by atoms with Gasteiger partial charge < -0.3 is 15.2 Å². The largest absolute Gasteiger partial charge is 0.341 e. The Balaban J connectivity index is 1.54. The molecule has 0 unspecified atom stereocenters. The smallest absolute Gasteiger partial charge is 0.243 e. The van der Waals surface area contributed by atoms with E-state index in [1.807, 2.05) is 36.4 Å². The lowest BCUT2D eigenvalue weighted by atomic mass is 9.72. The Morgan fingerprint density at radius 3 is 2.61 bits per heavy atom. The van der Waals surface area contributed by atoms with Gasteiger partial charge in [0.25, 0.3) is 0 Å². The van der Waals surface area contributed by atoms with Crippen molar-refractivity contribution in [3.63, 3.8) is 0 Å². The van der Waals surface area contributed by atoms with E-state index in [-0.39, 0.29) is 11.7 Å². The zero-order chi connectivity index (χ0) is 23.8. The second-order valence-corrected chi connectivity index (χ2v) is 9.40. The minimum absolute atomic E-state index is 0.0167. The average Bonchev–Trinajstić information content (AvgIpc) is 3.10. The third-order valence-corrected chi connectivity index (χ3v) is 7.05. The van der Waals surface area contributed by atoms with Crippen LogP contribution < -0.4 is 10.6 Å². The molecule has 7 nitrogen and oxygen atoms in total. The lowest BCUT2D eigenvalue weighted by Gasteiger charge is -2.34. The summed E-state index contributed by atoms with van der Waals surface area (Å²) in [6.07, 6.45) is 0. The van der Waals surface area contributed by atoms with Crippen LogP contribution in [0, 0.1) is 34.0 Å². The van der Waals surface area contributed by atoms with Crippen LogP contribution in [0.4, 0.5) is 5.69 Å². The van der Waals surface area contributed by atoms with Crippen molar-refractivity contribution in [3.05, 3.63) is 53.1 Å². The van der Waals surface area contributed by atoms with E-state index in [2.05, 4.69) is 40.3 Å². The molecule has 1 atom stereocenters. The predicted molar refractivity (Wildman–Crippen MR) is 130 cm³/mol. The van der Waals surface area contributed by atoms with Crippen molar-refractivity contribution < 1.29 is 9.59 Å². The number of nitriles is 2. The summed E-state index contributed by atoms with van der Waals surface area (Å²) >= 11 is 1.09. The Kier molecular flexibility index (Phi) is 5.88. The Labute approximate surface area is 196 Å². The van der Waals surface area contributed by atoms with Gasteiger partial charge in [0.2, 0.25) is 11.8 Å². The highest BCUT2D eigenvalue weighted by molar-refractivity contribution is 8.03. The van der Waals surface area contributed by atoms with Gasteiger partial charge in [-0.1, -0.05) is 43.8 Å². The Bertz CT molecular complexity index is 1400. The molecule has 0 fully saturated rings. The average molecular weight is 458 g/mol. The number of rotatable bonds is 5. The van der Waals surface area contributed by atoms with Gasteiger partial charge in [0.1, 0.15) is 5.92 Å². The second-order valence-electron chi connectivity index (χ2n) is 8.42. The highest BCUT2D eigenvalue weighted by Crippen LogP contribution is 2.41. The molecule has 8 heteroatoms. The number of aromatic nitrogens is 1. The normalized spacial score (nSPS) is 17.5. The number of hydrogen-bond acceptors (Lipinski definition) is 5. The van der Waals surface area contributed by atoms with Crippen LogP contribution in [-0.4, -0.2) is 22.1 Å². The molecule has 1 aliphatic heterocycles. The molecule has 1 aliphatic rings. The number of aryl methyl sites for hydroxylation is 1. The zero-order valence-corrected chi connectivity index (χ0v) is 19.4. The number of para-hydroxylation sites is 1. The first kappa shape index (κ1) is 22.4. The van der Waals surface area contributed by atoms with Crippen LogP contribution in [0.3, 0.4) is 0 Å². The van der Waals surface area contributed by atoms with Gasteiger partial charge in [-0.3, -0.25) is 9.59 Å². The molecule has 4 rings (SSSR count). The highest BCUT2D eigenvalue weighted by Gasteiger charge is 2.44. The van der Waals surface area contributed by atoms with Gasteiger partial charge in [-0.05, 0) is 31.2 Å². The lowest BCUT2D eigenvalue weighted by molar-refractivity contribution is -0.125. The fourth-order valence-electron chi connectivity index (χ4n) is 4.34. The first-order valence-electron chi connectivity index (χ1n) is 10.6. The van der Waals surface area contributed by atoms with Crippen LogP contribution >= 0.6 is 11.8 Å². The molecule has 2 N–H and O–H groups in total. The molecule has 0 bridgehead atoms. The molecule has 0 spiro atoms. The van der Waals surface area contributed by atoms with Crippen molar-refractivity contribution in [2.45, 2.75) is 27.3 Å². The highest BCUT2D eigenvalue weighted by atomic mass is 32.2. The second kappa shape index (κ2) is 8.65. The van der Waals surface area contributed by atoms with E-state index in [1.165, 1.54) is 0 Å². The van der Waals surface area contributed by atoms with Gasteiger partial charge in [0, 0.05) is 39.5 Å². The van der Waals surface area contributed by atoms with E-state index < -0.39 is 17.2 Å².